The maximum atomic E-state index is 12.3. The van der Waals surface area contributed by atoms with Crippen molar-refractivity contribution in [3.05, 3.63) is 24.3 Å². The second kappa shape index (κ2) is 7.97. The van der Waals surface area contributed by atoms with E-state index in [0.717, 1.165) is 18.7 Å². The molecule has 23 heavy (non-hydrogen) atoms. The summed E-state index contributed by atoms with van der Waals surface area (Å²) in [5, 5.41) is 2.89. The maximum absolute atomic E-state index is 12.3. The molecule has 0 aromatic heterocycles. The average molecular weight is 319 g/mol. The van der Waals surface area contributed by atoms with Gasteiger partial charge in [0.2, 0.25) is 5.91 Å². The topological polar surface area (TPSA) is 61.9 Å². The van der Waals surface area contributed by atoms with E-state index in [1.54, 1.807) is 11.8 Å². The van der Waals surface area contributed by atoms with Gasteiger partial charge >= 0.3 is 0 Å². The zero-order chi connectivity index (χ0) is 16.8. The molecule has 1 N–H and O–H groups in total. The van der Waals surface area contributed by atoms with Crippen molar-refractivity contribution in [1.82, 2.24) is 10.2 Å². The summed E-state index contributed by atoms with van der Waals surface area (Å²) in [4.78, 5) is 28.0. The Kier molecular flexibility index (Phi) is 5.98. The van der Waals surface area contributed by atoms with Gasteiger partial charge in [0.1, 0.15) is 5.75 Å². The summed E-state index contributed by atoms with van der Waals surface area (Å²) in [7, 11) is 4.01. The van der Waals surface area contributed by atoms with E-state index in [1.807, 2.05) is 38.4 Å². The average Bonchev–Trinajstić information content (AvgIpc) is 2.52. The minimum atomic E-state index is -0.520. The van der Waals surface area contributed by atoms with Crippen LogP contribution in [0, 0.1) is 0 Å². The van der Waals surface area contributed by atoms with E-state index in [2.05, 4.69) is 10.2 Å². The largest absolute Gasteiger partial charge is 0.479 e. The number of carbonyl (C=O) groups excluding carboxylic acids is 2. The zero-order valence-corrected chi connectivity index (χ0v) is 14.0. The number of fused-ring (bicyclic) bond motifs is 1. The van der Waals surface area contributed by atoms with Crippen LogP contribution in [-0.2, 0) is 9.59 Å². The molecule has 126 valence electrons. The van der Waals surface area contributed by atoms with Crippen LogP contribution in [0.3, 0.4) is 0 Å². The van der Waals surface area contributed by atoms with Crippen LogP contribution in [0.25, 0.3) is 0 Å². The first-order chi connectivity index (χ1) is 11.0. The van der Waals surface area contributed by atoms with Gasteiger partial charge in [-0.15, -0.1) is 0 Å². The quantitative estimate of drug-likeness (QED) is 0.769. The van der Waals surface area contributed by atoms with E-state index < -0.39 is 6.10 Å². The lowest BCUT2D eigenvalue weighted by molar-refractivity contribution is -0.125. The molecule has 0 saturated heterocycles. The van der Waals surface area contributed by atoms with E-state index >= 15 is 0 Å². The summed E-state index contributed by atoms with van der Waals surface area (Å²) in [6.07, 6.45) is 0.678. The van der Waals surface area contributed by atoms with Gasteiger partial charge in [-0.25, -0.2) is 0 Å². The molecule has 1 atom stereocenters. The summed E-state index contributed by atoms with van der Waals surface area (Å²) in [6.45, 7) is 3.68. The number of amides is 2. The van der Waals surface area contributed by atoms with Gasteiger partial charge in [0, 0.05) is 19.5 Å². The summed E-state index contributed by atoms with van der Waals surface area (Å²) in [5.41, 5.74) is 0.732. The number of nitrogens with one attached hydrogen (secondary N) is 1. The lowest BCUT2D eigenvalue weighted by Gasteiger charge is -2.32. The first-order valence-corrected chi connectivity index (χ1v) is 7.97. The summed E-state index contributed by atoms with van der Waals surface area (Å²) in [6, 6.07) is 7.41. The SMILES string of the molecule is CC1Oc2ccccc2N(CCC(=O)NCCCN(C)C)C1=O. The first-order valence-electron chi connectivity index (χ1n) is 7.97. The standard InChI is InChI=1S/C17H25N3O3/c1-13-17(22)20(14-7-4-5-8-15(14)23-13)12-9-16(21)18-10-6-11-19(2)3/h4-5,7-8,13H,6,9-12H2,1-3H3,(H,18,21). The molecular formula is C17H25N3O3. The van der Waals surface area contributed by atoms with Crippen molar-refractivity contribution in [2.75, 3.05) is 38.6 Å². The van der Waals surface area contributed by atoms with Crippen molar-refractivity contribution in [2.45, 2.75) is 25.9 Å². The zero-order valence-electron chi connectivity index (χ0n) is 14.0. The van der Waals surface area contributed by atoms with Crippen molar-refractivity contribution in [2.24, 2.45) is 0 Å². The van der Waals surface area contributed by atoms with Crippen molar-refractivity contribution >= 4 is 17.5 Å². The molecule has 0 fully saturated rings. The molecule has 1 aliphatic heterocycles. The fraction of sp³-hybridized carbons (Fsp3) is 0.529. The van der Waals surface area contributed by atoms with Crippen LogP contribution in [0.15, 0.2) is 24.3 Å². The molecule has 1 aliphatic rings. The number of nitrogens with zero attached hydrogens (tertiary/aromatic N) is 2. The van der Waals surface area contributed by atoms with Crippen molar-refractivity contribution < 1.29 is 14.3 Å². The minimum absolute atomic E-state index is 0.0341. The lowest BCUT2D eigenvalue weighted by atomic mass is 10.1. The molecule has 0 aliphatic carbocycles. The molecule has 1 heterocycles. The molecule has 6 nitrogen and oxygen atoms in total. The Labute approximate surface area is 137 Å². The van der Waals surface area contributed by atoms with Crippen LogP contribution in [0.5, 0.6) is 5.75 Å². The van der Waals surface area contributed by atoms with Crippen molar-refractivity contribution in [1.29, 1.82) is 0 Å². The monoisotopic (exact) mass is 319 g/mol. The smallest absolute Gasteiger partial charge is 0.267 e. The molecule has 0 radical (unpaired) electrons. The summed E-state index contributed by atoms with van der Waals surface area (Å²) in [5.74, 6) is 0.545. The van der Waals surface area contributed by atoms with Crippen molar-refractivity contribution in [3.8, 4) is 5.75 Å². The van der Waals surface area contributed by atoms with Gasteiger partial charge in [-0.2, -0.15) is 0 Å². The predicted molar refractivity (Wildman–Crippen MR) is 89.7 cm³/mol. The Hall–Kier alpha value is -2.08. The summed E-state index contributed by atoms with van der Waals surface area (Å²) >= 11 is 0. The number of hydrogen-bond acceptors (Lipinski definition) is 4. The highest BCUT2D eigenvalue weighted by Gasteiger charge is 2.31. The number of carbonyl (C=O) groups is 2. The lowest BCUT2D eigenvalue weighted by Crippen LogP contribution is -2.45. The summed E-state index contributed by atoms with van der Waals surface area (Å²) < 4.78 is 5.59. The number of para-hydroxylation sites is 2. The predicted octanol–water partition coefficient (Wildman–Crippen LogP) is 1.26. The van der Waals surface area contributed by atoms with Crippen LogP contribution in [0.1, 0.15) is 19.8 Å². The molecule has 0 spiro atoms. The highest BCUT2D eigenvalue weighted by molar-refractivity contribution is 6.00. The number of benzene rings is 1. The minimum Gasteiger partial charge on any atom is -0.479 e. The van der Waals surface area contributed by atoms with Gasteiger partial charge in [-0.1, -0.05) is 12.1 Å². The van der Waals surface area contributed by atoms with Crippen LogP contribution in [0.2, 0.25) is 0 Å². The maximum Gasteiger partial charge on any atom is 0.267 e. The van der Waals surface area contributed by atoms with E-state index in [0.29, 0.717) is 18.8 Å². The number of rotatable bonds is 7. The van der Waals surface area contributed by atoms with Crippen LogP contribution in [-0.4, -0.2) is 56.5 Å². The second-order valence-corrected chi connectivity index (χ2v) is 5.97. The number of ether oxygens (including phenoxy) is 1. The fourth-order valence-electron chi connectivity index (χ4n) is 2.51. The van der Waals surface area contributed by atoms with E-state index in [1.165, 1.54) is 0 Å². The highest BCUT2D eigenvalue weighted by Crippen LogP contribution is 2.33. The van der Waals surface area contributed by atoms with Gasteiger partial charge in [-0.3, -0.25) is 9.59 Å². The van der Waals surface area contributed by atoms with Crippen LogP contribution in [0.4, 0.5) is 5.69 Å². The molecule has 1 unspecified atom stereocenters. The Morgan fingerprint density at radius 3 is 2.83 bits per heavy atom. The van der Waals surface area contributed by atoms with E-state index in [4.69, 9.17) is 4.74 Å². The molecule has 2 amide bonds. The van der Waals surface area contributed by atoms with Gasteiger partial charge in [0.05, 0.1) is 5.69 Å². The van der Waals surface area contributed by atoms with Crippen molar-refractivity contribution in [3.63, 3.8) is 0 Å². The molecule has 0 saturated carbocycles. The third-order valence-electron chi connectivity index (χ3n) is 3.74. The molecule has 6 heteroatoms. The van der Waals surface area contributed by atoms with Crippen LogP contribution >= 0.6 is 0 Å². The molecule has 1 aromatic rings. The van der Waals surface area contributed by atoms with Gasteiger partial charge in [0.25, 0.3) is 5.91 Å². The molecule has 2 rings (SSSR count). The van der Waals surface area contributed by atoms with Gasteiger partial charge in [0.15, 0.2) is 6.10 Å². The third-order valence-corrected chi connectivity index (χ3v) is 3.74. The first kappa shape index (κ1) is 17.3. The molecule has 0 bridgehead atoms. The Morgan fingerprint density at radius 2 is 2.09 bits per heavy atom. The van der Waals surface area contributed by atoms with E-state index in [-0.39, 0.29) is 18.2 Å². The third kappa shape index (κ3) is 4.69. The van der Waals surface area contributed by atoms with Gasteiger partial charge < -0.3 is 19.9 Å². The Morgan fingerprint density at radius 1 is 1.35 bits per heavy atom. The Balaban J connectivity index is 1.87. The molecular weight excluding hydrogens is 294 g/mol. The highest BCUT2D eigenvalue weighted by atomic mass is 16.5. The van der Waals surface area contributed by atoms with E-state index in [9.17, 15) is 9.59 Å². The molecule has 1 aromatic carbocycles. The van der Waals surface area contributed by atoms with Crippen LogP contribution < -0.4 is 15.0 Å². The number of hydrogen-bond donors (Lipinski definition) is 1. The fourth-order valence-corrected chi connectivity index (χ4v) is 2.51. The van der Waals surface area contributed by atoms with Gasteiger partial charge in [-0.05, 0) is 46.1 Å². The Bertz CT molecular complexity index is 560. The number of anilines is 1. The normalized spacial score (nSPS) is 17.0. The second-order valence-electron chi connectivity index (χ2n) is 5.97.